The van der Waals surface area contributed by atoms with Gasteiger partial charge in [0.15, 0.2) is 11.9 Å². The van der Waals surface area contributed by atoms with Crippen molar-refractivity contribution in [2.24, 2.45) is 0 Å². The van der Waals surface area contributed by atoms with Gasteiger partial charge in [-0.1, -0.05) is 23.2 Å². The molecule has 1 unspecified atom stereocenters. The maximum Gasteiger partial charge on any atom is 0.344 e. The molecule has 1 atom stereocenters. The number of carbonyl (C=O) groups is 1. The van der Waals surface area contributed by atoms with Gasteiger partial charge in [-0.15, -0.1) is 0 Å². The molecule has 0 aliphatic carbocycles. The summed E-state index contributed by atoms with van der Waals surface area (Å²) in [6.07, 6.45) is -1.20. The molecule has 1 aromatic heterocycles. The van der Waals surface area contributed by atoms with E-state index in [2.05, 4.69) is 0 Å². The molecule has 0 fully saturated rings. The van der Waals surface area contributed by atoms with Gasteiger partial charge in [0.05, 0.1) is 5.39 Å². The second kappa shape index (κ2) is 6.61. The number of hydrogen-bond acceptors (Lipinski definition) is 4. The molecule has 3 aromatic rings. The van der Waals surface area contributed by atoms with Crippen molar-refractivity contribution < 1.29 is 19.1 Å². The average Bonchev–Trinajstić information content (AvgIpc) is 2.58. The summed E-state index contributed by atoms with van der Waals surface area (Å²) in [5.74, 6) is -1.13. The van der Waals surface area contributed by atoms with Crippen LogP contribution in [0.2, 0.25) is 5.02 Å². The second-order valence-electron chi connectivity index (χ2n) is 5.69. The van der Waals surface area contributed by atoms with E-state index < -0.39 is 17.5 Å². The standard InChI is InChI=1S/C19H15ClO5/c1-10-3-8-15-14(9-10)16(21)18(24-11(2)19(22)23)17(25-15)12-4-6-13(20)7-5-12/h3-9,11H,1-2H3,(H,22,23). The smallest absolute Gasteiger partial charge is 0.344 e. The van der Waals surface area contributed by atoms with Gasteiger partial charge in [-0.2, -0.15) is 0 Å². The van der Waals surface area contributed by atoms with E-state index in [1.54, 1.807) is 36.4 Å². The van der Waals surface area contributed by atoms with Crippen molar-refractivity contribution in [3.63, 3.8) is 0 Å². The van der Waals surface area contributed by atoms with Gasteiger partial charge in [0.25, 0.3) is 0 Å². The highest BCUT2D eigenvalue weighted by Gasteiger charge is 2.22. The molecular weight excluding hydrogens is 344 g/mol. The van der Waals surface area contributed by atoms with Crippen LogP contribution in [0, 0.1) is 6.92 Å². The molecule has 3 rings (SSSR count). The van der Waals surface area contributed by atoms with Crippen LogP contribution < -0.4 is 10.2 Å². The molecule has 0 amide bonds. The van der Waals surface area contributed by atoms with E-state index in [1.165, 1.54) is 6.92 Å². The number of halogens is 1. The Morgan fingerprint density at radius 2 is 1.88 bits per heavy atom. The van der Waals surface area contributed by atoms with Crippen molar-refractivity contribution in [3.05, 3.63) is 63.3 Å². The van der Waals surface area contributed by atoms with Crippen LogP contribution in [0.5, 0.6) is 5.75 Å². The molecule has 0 bridgehead atoms. The first-order valence-electron chi connectivity index (χ1n) is 7.59. The predicted molar refractivity (Wildman–Crippen MR) is 95.4 cm³/mol. The summed E-state index contributed by atoms with van der Waals surface area (Å²) < 4.78 is 11.3. The van der Waals surface area contributed by atoms with Crippen molar-refractivity contribution in [1.82, 2.24) is 0 Å². The summed E-state index contributed by atoms with van der Waals surface area (Å²) in [6, 6.07) is 11.9. The number of hydrogen-bond donors (Lipinski definition) is 1. The fourth-order valence-electron chi connectivity index (χ4n) is 2.42. The summed E-state index contributed by atoms with van der Waals surface area (Å²) in [5, 5.41) is 9.98. The van der Waals surface area contributed by atoms with Crippen LogP contribution in [0.25, 0.3) is 22.3 Å². The number of rotatable bonds is 4. The number of aliphatic carboxylic acids is 1. The molecule has 6 heteroatoms. The molecule has 0 saturated heterocycles. The van der Waals surface area contributed by atoms with E-state index in [0.717, 1.165) is 5.56 Å². The lowest BCUT2D eigenvalue weighted by Crippen LogP contribution is -2.26. The number of ether oxygens (including phenoxy) is 1. The Morgan fingerprint density at radius 1 is 1.20 bits per heavy atom. The molecule has 1 heterocycles. The molecular formula is C19H15ClO5. The normalized spacial score (nSPS) is 12.1. The lowest BCUT2D eigenvalue weighted by Gasteiger charge is -2.14. The van der Waals surface area contributed by atoms with E-state index in [-0.39, 0.29) is 11.5 Å². The van der Waals surface area contributed by atoms with E-state index >= 15 is 0 Å². The Hall–Kier alpha value is -2.79. The fourth-order valence-corrected chi connectivity index (χ4v) is 2.54. The highest BCUT2D eigenvalue weighted by Crippen LogP contribution is 2.32. The van der Waals surface area contributed by atoms with Crippen LogP contribution in [-0.4, -0.2) is 17.2 Å². The zero-order valence-electron chi connectivity index (χ0n) is 13.6. The molecule has 0 saturated carbocycles. The first-order valence-corrected chi connectivity index (χ1v) is 7.97. The van der Waals surface area contributed by atoms with Crippen LogP contribution in [0.15, 0.2) is 51.7 Å². The van der Waals surface area contributed by atoms with E-state index in [0.29, 0.717) is 21.6 Å². The Labute approximate surface area is 148 Å². The summed E-state index contributed by atoms with van der Waals surface area (Å²) in [5.41, 5.74) is 1.44. The SMILES string of the molecule is Cc1ccc2oc(-c3ccc(Cl)cc3)c(OC(C)C(=O)O)c(=O)c2c1. The van der Waals surface area contributed by atoms with Crippen molar-refractivity contribution >= 4 is 28.5 Å². The Balaban J connectivity index is 2.29. The van der Waals surface area contributed by atoms with Gasteiger partial charge in [-0.05, 0) is 50.2 Å². The van der Waals surface area contributed by atoms with Gasteiger partial charge >= 0.3 is 5.97 Å². The quantitative estimate of drug-likeness (QED) is 0.753. The van der Waals surface area contributed by atoms with Crippen LogP contribution in [0.3, 0.4) is 0 Å². The van der Waals surface area contributed by atoms with Gasteiger partial charge < -0.3 is 14.3 Å². The van der Waals surface area contributed by atoms with Crippen molar-refractivity contribution in [2.75, 3.05) is 0 Å². The molecule has 0 aliphatic heterocycles. The van der Waals surface area contributed by atoms with Crippen LogP contribution in [0.1, 0.15) is 12.5 Å². The number of carboxylic acid groups (broad SMARTS) is 1. The molecule has 1 N–H and O–H groups in total. The van der Waals surface area contributed by atoms with Crippen LogP contribution in [0.4, 0.5) is 0 Å². The molecule has 25 heavy (non-hydrogen) atoms. The Kier molecular flexibility index (Phi) is 4.51. The third-order valence-corrected chi connectivity index (χ3v) is 4.00. The van der Waals surface area contributed by atoms with Gasteiger partial charge in [-0.3, -0.25) is 4.79 Å². The number of benzene rings is 2. The van der Waals surface area contributed by atoms with Gasteiger partial charge in [-0.25, -0.2) is 4.79 Å². The van der Waals surface area contributed by atoms with Gasteiger partial charge in [0.1, 0.15) is 5.58 Å². The zero-order valence-corrected chi connectivity index (χ0v) is 14.3. The monoisotopic (exact) mass is 358 g/mol. The van der Waals surface area contributed by atoms with E-state index in [4.69, 9.17) is 25.9 Å². The summed E-state index contributed by atoms with van der Waals surface area (Å²) >= 11 is 5.91. The van der Waals surface area contributed by atoms with Crippen molar-refractivity contribution in [2.45, 2.75) is 20.0 Å². The topological polar surface area (TPSA) is 76.7 Å². The van der Waals surface area contributed by atoms with Crippen LogP contribution in [-0.2, 0) is 4.79 Å². The van der Waals surface area contributed by atoms with Gasteiger partial charge in [0, 0.05) is 10.6 Å². The molecule has 0 spiro atoms. The first kappa shape index (κ1) is 17.0. The maximum atomic E-state index is 12.9. The number of fused-ring (bicyclic) bond motifs is 1. The minimum atomic E-state index is -1.20. The lowest BCUT2D eigenvalue weighted by atomic mass is 10.1. The number of aryl methyl sites for hydroxylation is 1. The molecule has 5 nitrogen and oxygen atoms in total. The third-order valence-electron chi connectivity index (χ3n) is 3.75. The zero-order chi connectivity index (χ0) is 18.1. The largest absolute Gasteiger partial charge is 0.479 e. The Morgan fingerprint density at radius 3 is 2.52 bits per heavy atom. The number of carboxylic acids is 1. The highest BCUT2D eigenvalue weighted by molar-refractivity contribution is 6.30. The molecule has 0 radical (unpaired) electrons. The lowest BCUT2D eigenvalue weighted by molar-refractivity contribution is -0.144. The predicted octanol–water partition coefficient (Wildman–Crippen LogP) is 4.27. The van der Waals surface area contributed by atoms with Crippen molar-refractivity contribution in [3.8, 4) is 17.1 Å². The highest BCUT2D eigenvalue weighted by atomic mass is 35.5. The average molecular weight is 359 g/mol. The minimum Gasteiger partial charge on any atom is -0.479 e. The maximum absolute atomic E-state index is 12.9. The Bertz CT molecular complexity index is 1000. The van der Waals surface area contributed by atoms with Crippen molar-refractivity contribution in [1.29, 1.82) is 0 Å². The summed E-state index contributed by atoms with van der Waals surface area (Å²) in [4.78, 5) is 24.0. The van der Waals surface area contributed by atoms with E-state index in [9.17, 15) is 9.59 Å². The third kappa shape index (κ3) is 3.37. The van der Waals surface area contributed by atoms with Gasteiger partial charge in [0.2, 0.25) is 11.2 Å². The van der Waals surface area contributed by atoms with E-state index in [1.807, 2.05) is 13.0 Å². The van der Waals surface area contributed by atoms with Crippen LogP contribution >= 0.6 is 11.6 Å². The summed E-state index contributed by atoms with van der Waals surface area (Å²) in [7, 11) is 0. The molecule has 128 valence electrons. The minimum absolute atomic E-state index is 0.129. The fraction of sp³-hybridized carbons (Fsp3) is 0.158. The molecule has 2 aromatic carbocycles. The first-order chi connectivity index (χ1) is 11.9. The molecule has 0 aliphatic rings. The summed E-state index contributed by atoms with van der Waals surface area (Å²) in [6.45, 7) is 3.21. The second-order valence-corrected chi connectivity index (χ2v) is 6.13.